The van der Waals surface area contributed by atoms with Crippen molar-refractivity contribution >= 4 is 5.78 Å². The van der Waals surface area contributed by atoms with Crippen LogP contribution in [0.25, 0.3) is 0 Å². The van der Waals surface area contributed by atoms with Crippen molar-refractivity contribution in [1.82, 2.24) is 0 Å². The van der Waals surface area contributed by atoms with Gasteiger partial charge in [0.2, 0.25) is 0 Å². The molecule has 73 heavy (non-hydrogen) atoms. The molecule has 12 N–H and O–H groups in total. The van der Waals surface area contributed by atoms with Gasteiger partial charge in [-0.3, -0.25) is 4.79 Å². The maximum Gasteiger partial charge on any atom is 0.187 e. The lowest BCUT2D eigenvalue weighted by Crippen LogP contribution is -2.68. The predicted molar refractivity (Wildman–Crippen MR) is 243 cm³/mol. The van der Waals surface area contributed by atoms with Crippen LogP contribution >= 0.6 is 0 Å². The number of fused-ring (bicyclic) bond motifs is 7. The molecule has 0 aromatic rings. The van der Waals surface area contributed by atoms with Crippen LogP contribution < -0.4 is 0 Å². The monoisotopic (exact) mass is 1050 g/mol. The Morgan fingerprint density at radius 1 is 0.630 bits per heavy atom. The van der Waals surface area contributed by atoms with Crippen molar-refractivity contribution in [1.29, 1.82) is 0 Å². The summed E-state index contributed by atoms with van der Waals surface area (Å²) in [5, 5.41) is 129. The number of rotatable bonds is 11. The zero-order valence-electron chi connectivity index (χ0n) is 41.7. The lowest BCUT2D eigenvalue weighted by Gasteiger charge is -2.58. The number of ether oxygens (including phenoxy) is 10. The van der Waals surface area contributed by atoms with Crippen LogP contribution in [-0.4, -0.2) is 235 Å². The van der Waals surface area contributed by atoms with Gasteiger partial charge in [0, 0.05) is 30.1 Å². The highest BCUT2D eigenvalue weighted by molar-refractivity contribution is 5.87. The minimum absolute atomic E-state index is 0.0324. The SMILES string of the molecule is CC1CCC2(OC1)OC1CC3C4CC=C5CC(OC6OC(CO)C(OC7OC(CO)C(O)C(OC8OCC(O)C(O)C8O)C7OC7OC(CO)C(O)C(O)C7O)C(O)C6O)CCC5(C)C4CC(=O)C3(C)C1C2C. The zero-order valence-corrected chi connectivity index (χ0v) is 41.7. The van der Waals surface area contributed by atoms with E-state index in [0.717, 1.165) is 31.3 Å². The largest absolute Gasteiger partial charge is 0.394 e. The number of hydrogen-bond acceptors (Lipinski definition) is 23. The topological polar surface area (TPSA) is 352 Å². The van der Waals surface area contributed by atoms with E-state index in [1.165, 1.54) is 0 Å². The number of ketones is 1. The molecule has 0 bridgehead atoms. The normalized spacial score (nSPS) is 56.1. The third-order valence-electron chi connectivity index (χ3n) is 19.3. The highest BCUT2D eigenvalue weighted by Gasteiger charge is 2.71. The van der Waals surface area contributed by atoms with E-state index in [1.807, 2.05) is 0 Å². The zero-order chi connectivity index (χ0) is 52.2. The van der Waals surface area contributed by atoms with Crippen molar-refractivity contribution in [3.63, 3.8) is 0 Å². The van der Waals surface area contributed by atoms with Crippen LogP contribution in [0.2, 0.25) is 0 Å². The van der Waals surface area contributed by atoms with Crippen LogP contribution in [0.4, 0.5) is 0 Å². The molecule has 0 radical (unpaired) electrons. The molecule has 23 heteroatoms. The number of hydrogen-bond donors (Lipinski definition) is 12. The van der Waals surface area contributed by atoms with Gasteiger partial charge >= 0.3 is 0 Å². The van der Waals surface area contributed by atoms with Crippen LogP contribution in [0.5, 0.6) is 0 Å². The molecular formula is C50H78O23. The molecule has 416 valence electrons. The second-order valence-corrected chi connectivity index (χ2v) is 23.3. The molecule has 0 aromatic carbocycles. The first-order valence-corrected chi connectivity index (χ1v) is 26.4. The maximum atomic E-state index is 14.7. The summed E-state index contributed by atoms with van der Waals surface area (Å²) in [5.74, 6) is 0.935. The van der Waals surface area contributed by atoms with Gasteiger partial charge in [-0.1, -0.05) is 39.3 Å². The molecule has 10 aliphatic rings. The molecule has 0 aromatic heterocycles. The molecule has 10 rings (SSSR count). The Labute approximate surface area is 423 Å². The van der Waals surface area contributed by atoms with E-state index < -0.39 is 160 Å². The maximum absolute atomic E-state index is 14.7. The van der Waals surface area contributed by atoms with Gasteiger partial charge in [0.15, 0.2) is 30.9 Å². The van der Waals surface area contributed by atoms with E-state index in [9.17, 15) is 66.1 Å². The molecule has 1 spiro atoms. The first-order chi connectivity index (χ1) is 34.7. The van der Waals surface area contributed by atoms with Crippen LogP contribution in [0.15, 0.2) is 11.6 Å². The van der Waals surface area contributed by atoms with Gasteiger partial charge in [0.1, 0.15) is 97.3 Å². The second-order valence-electron chi connectivity index (χ2n) is 23.3. The number of carbonyl (C=O) groups excluding carboxylic acids is 1. The van der Waals surface area contributed by atoms with Gasteiger partial charge in [-0.2, -0.15) is 0 Å². The van der Waals surface area contributed by atoms with Crippen LogP contribution in [0.3, 0.4) is 0 Å². The fraction of sp³-hybridized carbons (Fsp3) is 0.940. The molecule has 30 unspecified atom stereocenters. The van der Waals surface area contributed by atoms with Gasteiger partial charge in [-0.05, 0) is 67.6 Å². The molecule has 4 aliphatic carbocycles. The van der Waals surface area contributed by atoms with E-state index in [2.05, 4.69) is 33.8 Å². The minimum Gasteiger partial charge on any atom is -0.394 e. The summed E-state index contributed by atoms with van der Waals surface area (Å²) < 4.78 is 61.0. The number of allylic oxidation sites excluding steroid dienone is 1. The average molecular weight is 1050 g/mol. The summed E-state index contributed by atoms with van der Waals surface area (Å²) in [6.07, 6.45) is -26.0. The summed E-state index contributed by atoms with van der Waals surface area (Å²) in [5.41, 5.74) is 0.363. The van der Waals surface area contributed by atoms with Crippen LogP contribution in [-0.2, 0) is 52.2 Å². The van der Waals surface area contributed by atoms with Crippen LogP contribution in [0.1, 0.15) is 79.1 Å². The molecule has 23 nitrogen and oxygen atoms in total. The summed E-state index contributed by atoms with van der Waals surface area (Å²) in [6, 6.07) is 0. The molecular weight excluding hydrogens is 969 g/mol. The van der Waals surface area contributed by atoms with Crippen molar-refractivity contribution in [2.75, 3.05) is 33.0 Å². The quantitative estimate of drug-likeness (QED) is 0.0908. The molecule has 0 amide bonds. The Morgan fingerprint density at radius 3 is 1.96 bits per heavy atom. The fourth-order valence-electron chi connectivity index (χ4n) is 15.0. The third kappa shape index (κ3) is 9.22. The smallest absolute Gasteiger partial charge is 0.187 e. The van der Waals surface area contributed by atoms with Crippen molar-refractivity contribution in [3.8, 4) is 0 Å². The third-order valence-corrected chi connectivity index (χ3v) is 19.3. The van der Waals surface area contributed by atoms with E-state index in [0.29, 0.717) is 49.9 Å². The van der Waals surface area contributed by atoms with Gasteiger partial charge in [0.05, 0.1) is 45.2 Å². The summed E-state index contributed by atoms with van der Waals surface area (Å²) in [6.45, 7) is 6.44. The Bertz CT molecular complexity index is 1970. The number of carbonyl (C=O) groups is 1. The minimum atomic E-state index is -2.02. The molecule has 6 aliphatic heterocycles. The summed E-state index contributed by atoms with van der Waals surface area (Å²) >= 11 is 0. The van der Waals surface area contributed by atoms with E-state index >= 15 is 0 Å². The first kappa shape index (κ1) is 54.9. The highest BCUT2D eigenvalue weighted by atomic mass is 16.8. The van der Waals surface area contributed by atoms with Crippen molar-refractivity contribution in [2.45, 2.75) is 214 Å². The fourth-order valence-corrected chi connectivity index (χ4v) is 15.0. The van der Waals surface area contributed by atoms with E-state index in [1.54, 1.807) is 0 Å². The van der Waals surface area contributed by atoms with Gasteiger partial charge in [-0.15, -0.1) is 0 Å². The van der Waals surface area contributed by atoms with Gasteiger partial charge in [0.25, 0.3) is 0 Å². The molecule has 6 heterocycles. The Balaban J connectivity index is 0.833. The van der Waals surface area contributed by atoms with Crippen molar-refractivity contribution < 1.29 is 113 Å². The Morgan fingerprint density at radius 2 is 1.26 bits per heavy atom. The lowest BCUT2D eigenvalue weighted by molar-refractivity contribution is -0.403. The molecule has 30 atom stereocenters. The predicted octanol–water partition coefficient (Wildman–Crippen LogP) is -3.17. The number of aliphatic hydroxyl groups excluding tert-OH is 12. The first-order valence-electron chi connectivity index (χ1n) is 26.4. The standard InChI is InChI=1S/C50H78O23/c1-19-7-10-50(65-17-19)20(2)32-27(73-50)12-25-23-6-5-21-11-22(8-9-48(21,3)24(23)13-31(55)49(25,32)4)66-45-40(63)37(60)41(30(16-53)69-45)70-47-43(72-46-39(62)36(59)34(57)28(14-51)67-46)42(35(58)29(15-52)68-47)71-44-38(61)33(56)26(54)18-64-44/h5,19-20,22-30,32-47,51-54,56-63H,6-18H2,1-4H3. The summed E-state index contributed by atoms with van der Waals surface area (Å²) in [4.78, 5) is 14.7. The second kappa shape index (κ2) is 21.0. The average Bonchev–Trinajstić information content (AvgIpc) is 3.83. The lowest BCUT2D eigenvalue weighted by atomic mass is 9.46. The number of aliphatic hydroxyl groups is 12. The van der Waals surface area contributed by atoms with Gasteiger partial charge in [-0.25, -0.2) is 0 Å². The molecule has 9 fully saturated rings. The molecule has 6 saturated heterocycles. The van der Waals surface area contributed by atoms with E-state index in [4.69, 9.17) is 47.4 Å². The highest BCUT2D eigenvalue weighted by Crippen LogP contribution is 2.70. The summed E-state index contributed by atoms with van der Waals surface area (Å²) in [7, 11) is 0. The van der Waals surface area contributed by atoms with Gasteiger partial charge < -0.3 is 109 Å². The molecule has 3 saturated carbocycles. The number of Topliss-reactive ketones (excluding diaryl/α,β-unsaturated/α-hetero) is 1. The van der Waals surface area contributed by atoms with Crippen molar-refractivity contribution in [3.05, 3.63) is 11.6 Å². The van der Waals surface area contributed by atoms with Crippen LogP contribution in [0, 0.1) is 46.3 Å². The van der Waals surface area contributed by atoms with E-state index in [-0.39, 0.29) is 35.2 Å². The Kier molecular flexibility index (Phi) is 15.8. The van der Waals surface area contributed by atoms with Crippen molar-refractivity contribution in [2.24, 2.45) is 46.3 Å². The Hall–Kier alpha value is -1.47.